The number of carbonyl (C=O) groups excluding carboxylic acids is 2. The lowest BCUT2D eigenvalue weighted by Gasteiger charge is -2.25. The molecule has 148 valence electrons. The molecule has 1 heterocycles. The van der Waals surface area contributed by atoms with Gasteiger partial charge >= 0.3 is 0 Å². The fourth-order valence-electron chi connectivity index (χ4n) is 3.12. The number of anilines is 1. The van der Waals surface area contributed by atoms with Crippen molar-refractivity contribution in [3.63, 3.8) is 0 Å². The number of nitrogens with one attached hydrogen (secondary N) is 1. The van der Waals surface area contributed by atoms with E-state index >= 15 is 0 Å². The Labute approximate surface area is 164 Å². The Morgan fingerprint density at radius 3 is 2.64 bits per heavy atom. The number of amides is 2. The number of ether oxygens (including phenoxy) is 1. The summed E-state index contributed by atoms with van der Waals surface area (Å²) in [5, 5.41) is 2.55. The molecule has 0 aliphatic carbocycles. The number of rotatable bonds is 4. The van der Waals surface area contributed by atoms with E-state index in [1.807, 2.05) is 0 Å². The largest absolute Gasteiger partial charge is 0.496 e. The van der Waals surface area contributed by atoms with Gasteiger partial charge in [0.05, 0.1) is 18.4 Å². The molecule has 1 aliphatic heterocycles. The van der Waals surface area contributed by atoms with E-state index in [0.717, 1.165) is 6.07 Å². The Morgan fingerprint density at radius 2 is 1.93 bits per heavy atom. The molecule has 1 atom stereocenters. The topological polar surface area (TPSA) is 58.6 Å². The van der Waals surface area contributed by atoms with Gasteiger partial charge in [-0.3, -0.25) is 9.59 Å². The first-order chi connectivity index (χ1) is 13.3. The van der Waals surface area contributed by atoms with Gasteiger partial charge in [-0.15, -0.1) is 0 Å². The SMILES string of the molecule is COc1ccc(Cl)cc1C(=O)N1CCC[C@@H]1C(=O)Nc1ccc(F)c(F)c1F. The molecule has 28 heavy (non-hydrogen) atoms. The highest BCUT2D eigenvalue weighted by molar-refractivity contribution is 6.31. The lowest BCUT2D eigenvalue weighted by molar-refractivity contribution is -0.119. The van der Waals surface area contributed by atoms with E-state index in [1.165, 1.54) is 24.1 Å². The third kappa shape index (κ3) is 3.77. The fraction of sp³-hybridized carbons (Fsp3) is 0.263. The van der Waals surface area contributed by atoms with Gasteiger partial charge in [-0.1, -0.05) is 11.6 Å². The first-order valence-corrected chi connectivity index (χ1v) is 8.80. The van der Waals surface area contributed by atoms with Crippen LogP contribution in [-0.4, -0.2) is 36.4 Å². The van der Waals surface area contributed by atoms with Gasteiger partial charge in [-0.2, -0.15) is 0 Å². The van der Waals surface area contributed by atoms with Crippen LogP contribution in [-0.2, 0) is 4.79 Å². The molecule has 1 fully saturated rings. The number of likely N-dealkylation sites (tertiary alicyclic amines) is 1. The van der Waals surface area contributed by atoms with Gasteiger partial charge in [0, 0.05) is 11.6 Å². The van der Waals surface area contributed by atoms with Crippen LogP contribution in [0.2, 0.25) is 5.02 Å². The molecule has 0 spiro atoms. The van der Waals surface area contributed by atoms with Crippen molar-refractivity contribution in [2.75, 3.05) is 19.0 Å². The molecular weight excluding hydrogens is 397 g/mol. The molecule has 2 aromatic rings. The molecule has 0 saturated carbocycles. The maximum absolute atomic E-state index is 13.8. The van der Waals surface area contributed by atoms with E-state index in [0.29, 0.717) is 36.2 Å². The Bertz CT molecular complexity index is 939. The zero-order valence-electron chi connectivity index (χ0n) is 14.8. The van der Waals surface area contributed by atoms with Crippen LogP contribution in [0.5, 0.6) is 5.75 Å². The second-order valence-corrected chi connectivity index (χ2v) is 6.65. The highest BCUT2D eigenvalue weighted by atomic mass is 35.5. The minimum atomic E-state index is -1.68. The maximum Gasteiger partial charge on any atom is 0.258 e. The second-order valence-electron chi connectivity index (χ2n) is 6.21. The van der Waals surface area contributed by atoms with Crippen LogP contribution in [0.15, 0.2) is 30.3 Å². The standard InChI is InChI=1S/C19H16ClF3N2O3/c1-28-15-7-4-10(20)9-11(15)19(27)25-8-2-3-14(25)18(26)24-13-6-5-12(21)16(22)17(13)23/h4-7,9,14H,2-3,8H2,1H3,(H,24,26)/t14-/m1/s1. The molecule has 0 radical (unpaired) electrons. The van der Waals surface area contributed by atoms with Crippen molar-refractivity contribution in [1.82, 2.24) is 4.90 Å². The first kappa shape index (κ1) is 20.0. The number of benzene rings is 2. The van der Waals surface area contributed by atoms with E-state index in [4.69, 9.17) is 16.3 Å². The van der Waals surface area contributed by atoms with Crippen molar-refractivity contribution in [3.05, 3.63) is 58.4 Å². The molecule has 2 amide bonds. The fourth-order valence-corrected chi connectivity index (χ4v) is 3.29. The van der Waals surface area contributed by atoms with Gasteiger partial charge in [0.15, 0.2) is 17.5 Å². The van der Waals surface area contributed by atoms with Crippen LogP contribution >= 0.6 is 11.6 Å². The van der Waals surface area contributed by atoms with Gasteiger partial charge < -0.3 is 15.0 Å². The van der Waals surface area contributed by atoms with Crippen molar-refractivity contribution in [2.45, 2.75) is 18.9 Å². The lowest BCUT2D eigenvalue weighted by atomic mass is 10.1. The summed E-state index contributed by atoms with van der Waals surface area (Å²) < 4.78 is 45.4. The van der Waals surface area contributed by atoms with Crippen LogP contribution in [0, 0.1) is 17.5 Å². The Kier molecular flexibility index (Phi) is 5.79. The summed E-state index contributed by atoms with van der Waals surface area (Å²) in [6, 6.07) is 5.28. The molecule has 1 N–H and O–H groups in total. The van der Waals surface area contributed by atoms with Gasteiger partial charge in [-0.05, 0) is 43.2 Å². The number of hydrogen-bond donors (Lipinski definition) is 1. The monoisotopic (exact) mass is 412 g/mol. The molecular formula is C19H16ClF3N2O3. The summed E-state index contributed by atoms with van der Waals surface area (Å²) in [5.74, 6) is -5.41. The number of nitrogens with zero attached hydrogens (tertiary/aromatic N) is 1. The molecule has 9 heteroatoms. The van der Waals surface area contributed by atoms with Gasteiger partial charge in [0.25, 0.3) is 5.91 Å². The Morgan fingerprint density at radius 1 is 1.18 bits per heavy atom. The van der Waals surface area contributed by atoms with Crippen molar-refractivity contribution in [1.29, 1.82) is 0 Å². The third-order valence-electron chi connectivity index (χ3n) is 4.50. The van der Waals surface area contributed by atoms with Gasteiger partial charge in [-0.25, -0.2) is 13.2 Å². The highest BCUT2D eigenvalue weighted by Crippen LogP contribution is 2.28. The quantitative estimate of drug-likeness (QED) is 0.772. The number of halogens is 4. The molecule has 0 unspecified atom stereocenters. The van der Waals surface area contributed by atoms with Crippen LogP contribution in [0.25, 0.3) is 0 Å². The molecule has 2 aromatic carbocycles. The average molecular weight is 413 g/mol. The van der Waals surface area contributed by atoms with Gasteiger partial charge in [0.2, 0.25) is 5.91 Å². The van der Waals surface area contributed by atoms with Crippen molar-refractivity contribution in [2.24, 2.45) is 0 Å². The molecule has 1 aliphatic rings. The zero-order chi connectivity index (χ0) is 20.4. The van der Waals surface area contributed by atoms with Crippen LogP contribution in [0.1, 0.15) is 23.2 Å². The predicted molar refractivity (Wildman–Crippen MR) is 97.0 cm³/mol. The lowest BCUT2D eigenvalue weighted by Crippen LogP contribution is -2.43. The van der Waals surface area contributed by atoms with E-state index in [-0.39, 0.29) is 5.56 Å². The zero-order valence-corrected chi connectivity index (χ0v) is 15.5. The van der Waals surface area contributed by atoms with E-state index in [2.05, 4.69) is 5.32 Å². The van der Waals surface area contributed by atoms with Crippen LogP contribution < -0.4 is 10.1 Å². The molecule has 0 aromatic heterocycles. The summed E-state index contributed by atoms with van der Waals surface area (Å²) in [5.41, 5.74) is -0.308. The predicted octanol–water partition coefficient (Wildman–Crippen LogP) is 4.01. The van der Waals surface area contributed by atoms with Crippen molar-refractivity contribution >= 4 is 29.1 Å². The Hall–Kier alpha value is -2.74. The summed E-state index contributed by atoms with van der Waals surface area (Å²) in [4.78, 5) is 26.8. The smallest absolute Gasteiger partial charge is 0.258 e. The third-order valence-corrected chi connectivity index (χ3v) is 4.74. The van der Waals surface area contributed by atoms with Gasteiger partial charge in [0.1, 0.15) is 11.8 Å². The Balaban J connectivity index is 1.83. The summed E-state index contributed by atoms with van der Waals surface area (Å²) in [6.45, 7) is 0.298. The van der Waals surface area contributed by atoms with E-state index < -0.39 is 41.0 Å². The summed E-state index contributed by atoms with van der Waals surface area (Å²) in [7, 11) is 1.40. The molecule has 1 saturated heterocycles. The number of carbonyl (C=O) groups is 2. The summed E-state index contributed by atoms with van der Waals surface area (Å²) in [6.07, 6.45) is 0.888. The second kappa shape index (κ2) is 8.10. The number of methoxy groups -OCH3 is 1. The van der Waals surface area contributed by atoms with Crippen LogP contribution in [0.4, 0.5) is 18.9 Å². The van der Waals surface area contributed by atoms with Crippen molar-refractivity contribution in [3.8, 4) is 5.75 Å². The minimum absolute atomic E-state index is 0.189. The summed E-state index contributed by atoms with van der Waals surface area (Å²) >= 11 is 5.96. The van der Waals surface area contributed by atoms with E-state index in [1.54, 1.807) is 6.07 Å². The molecule has 5 nitrogen and oxygen atoms in total. The normalized spacial score (nSPS) is 16.2. The number of hydrogen-bond acceptors (Lipinski definition) is 3. The first-order valence-electron chi connectivity index (χ1n) is 8.42. The highest BCUT2D eigenvalue weighted by Gasteiger charge is 2.36. The molecule has 0 bridgehead atoms. The maximum atomic E-state index is 13.8. The minimum Gasteiger partial charge on any atom is -0.496 e. The average Bonchev–Trinajstić information content (AvgIpc) is 3.17. The van der Waals surface area contributed by atoms with Crippen molar-refractivity contribution < 1.29 is 27.5 Å². The van der Waals surface area contributed by atoms with Crippen LogP contribution in [0.3, 0.4) is 0 Å². The molecule has 3 rings (SSSR count). The van der Waals surface area contributed by atoms with E-state index in [9.17, 15) is 22.8 Å².